The van der Waals surface area contributed by atoms with Gasteiger partial charge in [-0.25, -0.2) is 4.98 Å². The molecule has 4 nitrogen and oxygen atoms in total. The molecule has 0 atom stereocenters. The Bertz CT molecular complexity index is 536. The molecule has 0 bridgehead atoms. The van der Waals surface area contributed by atoms with Gasteiger partial charge in [-0.2, -0.15) is 0 Å². The first-order valence-electron chi connectivity index (χ1n) is 5.42. The average molecular weight is 250 g/mol. The van der Waals surface area contributed by atoms with Crippen molar-refractivity contribution in [2.24, 2.45) is 7.05 Å². The highest BCUT2D eigenvalue weighted by atomic mass is 32.2. The van der Waals surface area contributed by atoms with Crippen LogP contribution >= 0.6 is 11.8 Å². The third-order valence-electron chi connectivity index (χ3n) is 2.37. The van der Waals surface area contributed by atoms with Crippen molar-refractivity contribution in [3.8, 4) is 0 Å². The van der Waals surface area contributed by atoms with E-state index < -0.39 is 0 Å². The quantitative estimate of drug-likeness (QED) is 0.616. The molecule has 0 aliphatic carbocycles. The number of ether oxygens (including phenoxy) is 1. The first kappa shape index (κ1) is 12.0. The fourth-order valence-electron chi connectivity index (χ4n) is 1.58. The van der Waals surface area contributed by atoms with Crippen LogP contribution in [0.15, 0.2) is 29.4 Å². The van der Waals surface area contributed by atoms with Gasteiger partial charge in [-0.1, -0.05) is 23.9 Å². The van der Waals surface area contributed by atoms with Crippen molar-refractivity contribution in [2.45, 2.75) is 12.1 Å². The number of thioether (sulfide) groups is 1. The number of carbonyl (C=O) groups is 1. The Balaban J connectivity index is 2.14. The first-order valence-corrected chi connectivity index (χ1v) is 6.40. The molecule has 2 rings (SSSR count). The van der Waals surface area contributed by atoms with Gasteiger partial charge in [0, 0.05) is 7.05 Å². The van der Waals surface area contributed by atoms with E-state index in [1.807, 2.05) is 35.9 Å². The standard InChI is InChI=1S/C12H14N2O2S/c1-3-16-11(15)8-17-12-13-9-6-4-5-7-10(9)14(12)2/h4-7H,3,8H2,1-2H3. The number of hydrogen-bond donors (Lipinski definition) is 0. The minimum Gasteiger partial charge on any atom is -0.465 e. The molecule has 0 N–H and O–H groups in total. The van der Waals surface area contributed by atoms with E-state index in [1.165, 1.54) is 11.8 Å². The summed E-state index contributed by atoms with van der Waals surface area (Å²) >= 11 is 1.40. The van der Waals surface area contributed by atoms with Gasteiger partial charge < -0.3 is 9.30 Å². The van der Waals surface area contributed by atoms with Crippen LogP contribution in [0, 0.1) is 0 Å². The molecule has 0 spiro atoms. The monoisotopic (exact) mass is 250 g/mol. The van der Waals surface area contributed by atoms with Gasteiger partial charge in [0.1, 0.15) is 0 Å². The fraction of sp³-hybridized carbons (Fsp3) is 0.333. The summed E-state index contributed by atoms with van der Waals surface area (Å²) in [6.07, 6.45) is 0. The van der Waals surface area contributed by atoms with Crippen LogP contribution in [0.1, 0.15) is 6.92 Å². The zero-order valence-electron chi connectivity index (χ0n) is 9.84. The summed E-state index contributed by atoms with van der Waals surface area (Å²) in [6.45, 7) is 2.22. The molecule has 2 aromatic rings. The largest absolute Gasteiger partial charge is 0.465 e. The maximum Gasteiger partial charge on any atom is 0.316 e. The van der Waals surface area contributed by atoms with Crippen LogP contribution in [0.5, 0.6) is 0 Å². The number of esters is 1. The second-order valence-corrected chi connectivity index (χ2v) is 4.48. The van der Waals surface area contributed by atoms with Crippen LogP contribution in [0.25, 0.3) is 11.0 Å². The van der Waals surface area contributed by atoms with Gasteiger partial charge in [-0.05, 0) is 19.1 Å². The summed E-state index contributed by atoms with van der Waals surface area (Å²) in [5.74, 6) is 0.0925. The molecule has 0 amide bonds. The Morgan fingerprint density at radius 3 is 2.94 bits per heavy atom. The minimum absolute atomic E-state index is 0.204. The van der Waals surface area contributed by atoms with E-state index in [2.05, 4.69) is 4.98 Å². The van der Waals surface area contributed by atoms with Crippen LogP contribution in [-0.4, -0.2) is 27.9 Å². The van der Waals surface area contributed by atoms with E-state index in [0.29, 0.717) is 12.4 Å². The lowest BCUT2D eigenvalue weighted by Gasteiger charge is -2.02. The van der Waals surface area contributed by atoms with Gasteiger partial charge in [0.05, 0.1) is 23.4 Å². The van der Waals surface area contributed by atoms with Gasteiger partial charge >= 0.3 is 5.97 Å². The second-order valence-electron chi connectivity index (χ2n) is 3.54. The van der Waals surface area contributed by atoms with Crippen molar-refractivity contribution in [3.05, 3.63) is 24.3 Å². The lowest BCUT2D eigenvalue weighted by molar-refractivity contribution is -0.139. The Hall–Kier alpha value is -1.49. The zero-order chi connectivity index (χ0) is 12.3. The molecule has 0 saturated carbocycles. The van der Waals surface area contributed by atoms with E-state index >= 15 is 0 Å². The Morgan fingerprint density at radius 1 is 1.47 bits per heavy atom. The van der Waals surface area contributed by atoms with Crippen LogP contribution in [0.2, 0.25) is 0 Å². The fourth-order valence-corrected chi connectivity index (χ4v) is 2.36. The molecular formula is C12H14N2O2S. The summed E-state index contributed by atoms with van der Waals surface area (Å²) in [7, 11) is 1.95. The zero-order valence-corrected chi connectivity index (χ0v) is 10.7. The third-order valence-corrected chi connectivity index (χ3v) is 3.37. The molecule has 0 aliphatic rings. The molecule has 0 radical (unpaired) electrons. The van der Waals surface area contributed by atoms with Crippen molar-refractivity contribution in [2.75, 3.05) is 12.4 Å². The predicted molar refractivity (Wildman–Crippen MR) is 68.1 cm³/mol. The number of para-hydroxylation sites is 2. The lowest BCUT2D eigenvalue weighted by Crippen LogP contribution is -2.07. The Morgan fingerprint density at radius 2 is 2.24 bits per heavy atom. The number of imidazole rings is 1. The van der Waals surface area contributed by atoms with E-state index in [-0.39, 0.29) is 5.97 Å². The summed E-state index contributed by atoms with van der Waals surface area (Å²) in [5, 5.41) is 0.833. The molecule has 1 aromatic carbocycles. The maximum absolute atomic E-state index is 11.3. The molecule has 1 heterocycles. The minimum atomic E-state index is -0.204. The van der Waals surface area contributed by atoms with Gasteiger partial charge in [0.15, 0.2) is 5.16 Å². The van der Waals surface area contributed by atoms with Gasteiger partial charge in [-0.3, -0.25) is 4.79 Å². The molecule has 0 fully saturated rings. The normalized spacial score (nSPS) is 10.7. The molecule has 90 valence electrons. The highest BCUT2D eigenvalue weighted by Crippen LogP contribution is 2.22. The molecule has 0 saturated heterocycles. The topological polar surface area (TPSA) is 44.1 Å². The maximum atomic E-state index is 11.3. The summed E-state index contributed by atoms with van der Waals surface area (Å²) in [6, 6.07) is 7.90. The van der Waals surface area contributed by atoms with Crippen LogP contribution in [-0.2, 0) is 16.6 Å². The SMILES string of the molecule is CCOC(=O)CSc1nc2ccccc2n1C. The van der Waals surface area contributed by atoms with Crippen LogP contribution in [0.3, 0.4) is 0 Å². The number of nitrogens with zero attached hydrogens (tertiary/aromatic N) is 2. The van der Waals surface area contributed by atoms with Crippen LogP contribution in [0.4, 0.5) is 0 Å². The number of hydrogen-bond acceptors (Lipinski definition) is 4. The number of benzene rings is 1. The van der Waals surface area contributed by atoms with Crippen molar-refractivity contribution in [1.82, 2.24) is 9.55 Å². The third kappa shape index (κ3) is 2.61. The highest BCUT2D eigenvalue weighted by Gasteiger charge is 2.10. The van der Waals surface area contributed by atoms with Crippen molar-refractivity contribution in [1.29, 1.82) is 0 Å². The van der Waals surface area contributed by atoms with Gasteiger partial charge in [0.2, 0.25) is 0 Å². The van der Waals surface area contributed by atoms with E-state index in [4.69, 9.17) is 4.74 Å². The second kappa shape index (κ2) is 5.23. The molecule has 1 aromatic heterocycles. The van der Waals surface area contributed by atoms with E-state index in [0.717, 1.165) is 16.2 Å². The molecule has 0 aliphatic heterocycles. The molecule has 5 heteroatoms. The first-order chi connectivity index (χ1) is 8.22. The molecule has 17 heavy (non-hydrogen) atoms. The van der Waals surface area contributed by atoms with Crippen molar-refractivity contribution < 1.29 is 9.53 Å². The lowest BCUT2D eigenvalue weighted by atomic mass is 10.3. The average Bonchev–Trinajstić information content (AvgIpc) is 2.65. The number of aromatic nitrogens is 2. The summed E-state index contributed by atoms with van der Waals surface area (Å²) in [5.41, 5.74) is 2.01. The van der Waals surface area contributed by atoms with Gasteiger partial charge in [0.25, 0.3) is 0 Å². The summed E-state index contributed by atoms with van der Waals surface area (Å²) < 4.78 is 6.87. The van der Waals surface area contributed by atoms with Gasteiger partial charge in [-0.15, -0.1) is 0 Å². The highest BCUT2D eigenvalue weighted by molar-refractivity contribution is 7.99. The number of carbonyl (C=O) groups excluding carboxylic acids is 1. The Labute approximate surface area is 104 Å². The number of aryl methyl sites for hydroxylation is 1. The van der Waals surface area contributed by atoms with Crippen molar-refractivity contribution >= 4 is 28.8 Å². The van der Waals surface area contributed by atoms with Crippen molar-refractivity contribution in [3.63, 3.8) is 0 Å². The molecule has 0 unspecified atom stereocenters. The Kier molecular flexibility index (Phi) is 3.68. The predicted octanol–water partition coefficient (Wildman–Crippen LogP) is 2.23. The van der Waals surface area contributed by atoms with E-state index in [1.54, 1.807) is 6.92 Å². The number of rotatable bonds is 4. The molecular weight excluding hydrogens is 236 g/mol. The number of fused-ring (bicyclic) bond motifs is 1. The van der Waals surface area contributed by atoms with Crippen LogP contribution < -0.4 is 0 Å². The smallest absolute Gasteiger partial charge is 0.316 e. The van der Waals surface area contributed by atoms with E-state index in [9.17, 15) is 4.79 Å². The summed E-state index contributed by atoms with van der Waals surface area (Å²) in [4.78, 5) is 15.7.